The van der Waals surface area contributed by atoms with Gasteiger partial charge >= 0.3 is 0 Å². The third-order valence-electron chi connectivity index (χ3n) is 5.82. The van der Waals surface area contributed by atoms with Crippen LogP contribution in [-0.4, -0.2) is 59.9 Å². The number of Topliss-reactive ketones (excluding diaryl/α,β-unsaturated/α-hetero) is 1. The van der Waals surface area contributed by atoms with Crippen LogP contribution in [0.25, 0.3) is 5.76 Å². The second kappa shape index (κ2) is 10.8. The van der Waals surface area contributed by atoms with Gasteiger partial charge in [0.25, 0.3) is 11.7 Å². The van der Waals surface area contributed by atoms with Gasteiger partial charge in [-0.3, -0.25) is 9.59 Å². The lowest BCUT2D eigenvalue weighted by atomic mass is 9.95. The van der Waals surface area contributed by atoms with Gasteiger partial charge in [0.05, 0.1) is 18.7 Å². The summed E-state index contributed by atoms with van der Waals surface area (Å²) < 4.78 is 6.09. The highest BCUT2D eigenvalue weighted by Crippen LogP contribution is 2.40. The van der Waals surface area contributed by atoms with E-state index in [4.69, 9.17) is 4.74 Å². The Morgan fingerprint density at radius 2 is 1.84 bits per heavy atom. The van der Waals surface area contributed by atoms with Crippen molar-refractivity contribution in [2.24, 2.45) is 0 Å². The van der Waals surface area contributed by atoms with Gasteiger partial charge in [0.2, 0.25) is 0 Å². The lowest BCUT2D eigenvalue weighted by molar-refractivity contribution is -0.140. The lowest BCUT2D eigenvalue weighted by Gasteiger charge is -2.27. The van der Waals surface area contributed by atoms with Gasteiger partial charge < -0.3 is 19.6 Å². The minimum absolute atomic E-state index is 0.101. The molecule has 0 spiro atoms. The third kappa shape index (κ3) is 5.05. The second-order valence-corrected chi connectivity index (χ2v) is 8.58. The number of ketones is 1. The standard InChI is InChI=1S/C25H29BrN2O4/c1-4-27(5-2)13-8-14-28-22(17-9-6-11-19(26)15-17)21(24(30)25(28)31)23(29)18-10-7-12-20(16-18)32-3/h6-7,9-12,15-16,22,29H,4-5,8,13-14H2,1-3H3/t22-/m0/s1. The summed E-state index contributed by atoms with van der Waals surface area (Å²) in [4.78, 5) is 30.0. The molecule has 1 amide bonds. The average molecular weight is 501 g/mol. The molecular weight excluding hydrogens is 472 g/mol. The highest BCUT2D eigenvalue weighted by Gasteiger charge is 2.45. The van der Waals surface area contributed by atoms with E-state index in [2.05, 4.69) is 34.7 Å². The van der Waals surface area contributed by atoms with Crippen molar-refractivity contribution in [1.82, 2.24) is 9.80 Å². The van der Waals surface area contributed by atoms with E-state index in [1.54, 1.807) is 29.2 Å². The van der Waals surface area contributed by atoms with Crippen molar-refractivity contribution in [3.05, 3.63) is 69.7 Å². The molecule has 6 nitrogen and oxygen atoms in total. The number of likely N-dealkylation sites (tertiary alicyclic amines) is 1. The maximum Gasteiger partial charge on any atom is 0.295 e. The van der Waals surface area contributed by atoms with Gasteiger partial charge in [-0.2, -0.15) is 0 Å². The van der Waals surface area contributed by atoms with Gasteiger partial charge in [-0.1, -0.05) is 54.0 Å². The first-order valence-electron chi connectivity index (χ1n) is 10.8. The molecule has 7 heteroatoms. The predicted molar refractivity (Wildman–Crippen MR) is 129 cm³/mol. The number of ether oxygens (including phenoxy) is 1. The average Bonchev–Trinajstić information content (AvgIpc) is 3.06. The fourth-order valence-electron chi connectivity index (χ4n) is 4.06. The first-order chi connectivity index (χ1) is 15.4. The minimum Gasteiger partial charge on any atom is -0.507 e. The molecule has 1 saturated heterocycles. The van der Waals surface area contributed by atoms with Crippen LogP contribution in [0.1, 0.15) is 37.4 Å². The molecule has 32 heavy (non-hydrogen) atoms. The van der Waals surface area contributed by atoms with Crippen LogP contribution in [0, 0.1) is 0 Å². The topological polar surface area (TPSA) is 70.1 Å². The van der Waals surface area contributed by atoms with Crippen molar-refractivity contribution >= 4 is 33.4 Å². The summed E-state index contributed by atoms with van der Waals surface area (Å²) in [6.45, 7) is 7.32. The number of aliphatic hydroxyl groups excluding tert-OH is 1. The van der Waals surface area contributed by atoms with Crippen molar-refractivity contribution in [2.45, 2.75) is 26.3 Å². The van der Waals surface area contributed by atoms with Crippen LogP contribution in [0.15, 0.2) is 58.6 Å². The van der Waals surface area contributed by atoms with E-state index < -0.39 is 17.7 Å². The summed E-state index contributed by atoms with van der Waals surface area (Å²) in [5, 5.41) is 11.1. The molecule has 0 unspecified atom stereocenters. The largest absolute Gasteiger partial charge is 0.507 e. The zero-order chi connectivity index (χ0) is 23.3. The number of amides is 1. The zero-order valence-corrected chi connectivity index (χ0v) is 20.3. The molecule has 0 bridgehead atoms. The molecular formula is C25H29BrN2O4. The molecule has 1 aliphatic heterocycles. The van der Waals surface area contributed by atoms with Gasteiger partial charge in [0, 0.05) is 16.6 Å². The molecule has 3 rings (SSSR count). The van der Waals surface area contributed by atoms with Crippen LogP contribution < -0.4 is 4.74 Å². The van der Waals surface area contributed by atoms with Crippen LogP contribution in [0.4, 0.5) is 0 Å². The fraction of sp³-hybridized carbons (Fsp3) is 0.360. The summed E-state index contributed by atoms with van der Waals surface area (Å²) in [5.41, 5.74) is 1.31. The Morgan fingerprint density at radius 1 is 1.12 bits per heavy atom. The van der Waals surface area contributed by atoms with E-state index in [9.17, 15) is 14.7 Å². The maximum absolute atomic E-state index is 13.1. The highest BCUT2D eigenvalue weighted by molar-refractivity contribution is 9.10. The first-order valence-corrected chi connectivity index (χ1v) is 11.6. The molecule has 0 saturated carbocycles. The van der Waals surface area contributed by atoms with E-state index in [1.165, 1.54) is 7.11 Å². The van der Waals surface area contributed by atoms with E-state index >= 15 is 0 Å². The van der Waals surface area contributed by atoms with Gasteiger partial charge in [0.15, 0.2) is 0 Å². The van der Waals surface area contributed by atoms with Crippen LogP contribution in [0.2, 0.25) is 0 Å². The Labute approximate surface area is 197 Å². The van der Waals surface area contributed by atoms with Gasteiger partial charge in [-0.15, -0.1) is 0 Å². The number of hydrogen-bond donors (Lipinski definition) is 1. The molecule has 1 fully saturated rings. The number of aliphatic hydroxyl groups is 1. The second-order valence-electron chi connectivity index (χ2n) is 7.66. The maximum atomic E-state index is 13.1. The third-order valence-corrected chi connectivity index (χ3v) is 6.31. The summed E-state index contributed by atoms with van der Waals surface area (Å²) in [7, 11) is 1.54. The number of hydrogen-bond acceptors (Lipinski definition) is 5. The number of benzene rings is 2. The molecule has 0 aliphatic carbocycles. The molecule has 0 aromatic heterocycles. The van der Waals surface area contributed by atoms with Gasteiger partial charge in [-0.25, -0.2) is 0 Å². The van der Waals surface area contributed by atoms with E-state index in [0.29, 0.717) is 17.9 Å². The molecule has 170 valence electrons. The summed E-state index contributed by atoms with van der Waals surface area (Å²) in [5.74, 6) is -0.892. The Bertz CT molecular complexity index is 1020. The van der Waals surface area contributed by atoms with Crippen molar-refractivity contribution in [3.8, 4) is 5.75 Å². The molecule has 2 aromatic rings. The molecule has 1 heterocycles. The number of carbonyl (C=O) groups excluding carboxylic acids is 2. The quantitative estimate of drug-likeness (QED) is 0.309. The van der Waals surface area contributed by atoms with Crippen molar-refractivity contribution < 1.29 is 19.4 Å². The Hall–Kier alpha value is -2.64. The number of methoxy groups -OCH3 is 1. The number of nitrogens with zero attached hydrogens (tertiary/aromatic N) is 2. The SMILES string of the molecule is CCN(CC)CCCN1C(=O)C(=O)C(=C(O)c2cccc(OC)c2)[C@@H]1c1cccc(Br)c1. The molecule has 1 atom stereocenters. The summed E-state index contributed by atoms with van der Waals surface area (Å²) in [6, 6.07) is 13.7. The zero-order valence-electron chi connectivity index (χ0n) is 18.7. The Balaban J connectivity index is 2.04. The molecule has 0 radical (unpaired) electrons. The Kier molecular flexibility index (Phi) is 8.10. The first kappa shape index (κ1) is 24.0. The smallest absolute Gasteiger partial charge is 0.295 e. The van der Waals surface area contributed by atoms with E-state index in [1.807, 2.05) is 24.3 Å². The van der Waals surface area contributed by atoms with E-state index in [0.717, 1.165) is 36.1 Å². The molecule has 1 N–H and O–H groups in total. The van der Waals surface area contributed by atoms with Crippen LogP contribution in [-0.2, 0) is 9.59 Å². The van der Waals surface area contributed by atoms with Gasteiger partial charge in [0.1, 0.15) is 11.5 Å². The van der Waals surface area contributed by atoms with Crippen molar-refractivity contribution in [2.75, 3.05) is 33.3 Å². The van der Waals surface area contributed by atoms with Crippen LogP contribution in [0.5, 0.6) is 5.75 Å². The Morgan fingerprint density at radius 3 is 2.50 bits per heavy atom. The van der Waals surface area contributed by atoms with Crippen LogP contribution in [0.3, 0.4) is 0 Å². The minimum atomic E-state index is -0.668. The van der Waals surface area contributed by atoms with Crippen molar-refractivity contribution in [3.63, 3.8) is 0 Å². The normalized spacial score (nSPS) is 17.9. The summed E-state index contributed by atoms with van der Waals surface area (Å²) in [6.07, 6.45) is 0.735. The summed E-state index contributed by atoms with van der Waals surface area (Å²) >= 11 is 3.48. The predicted octanol–water partition coefficient (Wildman–Crippen LogP) is 4.61. The number of halogens is 1. The monoisotopic (exact) mass is 500 g/mol. The molecule has 2 aromatic carbocycles. The number of carbonyl (C=O) groups is 2. The molecule has 1 aliphatic rings. The van der Waals surface area contributed by atoms with Crippen LogP contribution >= 0.6 is 15.9 Å². The van der Waals surface area contributed by atoms with Gasteiger partial charge in [-0.05, 0) is 55.9 Å². The fourth-order valence-corrected chi connectivity index (χ4v) is 4.48. The lowest BCUT2D eigenvalue weighted by Crippen LogP contribution is -2.33. The highest BCUT2D eigenvalue weighted by atomic mass is 79.9. The number of rotatable bonds is 9. The van der Waals surface area contributed by atoms with E-state index in [-0.39, 0.29) is 11.3 Å². The van der Waals surface area contributed by atoms with Crippen molar-refractivity contribution in [1.29, 1.82) is 0 Å².